The molecule has 3 rings (SSSR count). The van der Waals surface area contributed by atoms with E-state index in [0.717, 1.165) is 0 Å². The molecule has 0 bridgehead atoms. The van der Waals surface area contributed by atoms with E-state index in [1.54, 1.807) is 54.6 Å². The summed E-state index contributed by atoms with van der Waals surface area (Å²) in [6, 6.07) is 18.1. The number of carbonyl (C=O) groups excluding carboxylic acids is 2. The van der Waals surface area contributed by atoms with Gasteiger partial charge in [0.25, 0.3) is 5.91 Å². The first-order valence-electron chi connectivity index (χ1n) is 9.78. The topological polar surface area (TPSA) is 128 Å². The molecular weight excluding hydrogens is 466 g/mol. The van der Waals surface area contributed by atoms with Gasteiger partial charge in [0, 0.05) is 17.1 Å². The average molecular weight is 488 g/mol. The molecule has 0 fully saturated rings. The molecular formula is C23H22ClN3O5S. The van der Waals surface area contributed by atoms with Crippen LogP contribution in [0.2, 0.25) is 5.02 Å². The summed E-state index contributed by atoms with van der Waals surface area (Å²) in [5.41, 5.74) is 6.68. The molecule has 33 heavy (non-hydrogen) atoms. The van der Waals surface area contributed by atoms with Gasteiger partial charge in [-0.3, -0.25) is 9.59 Å². The number of amides is 2. The van der Waals surface area contributed by atoms with E-state index < -0.39 is 27.9 Å². The summed E-state index contributed by atoms with van der Waals surface area (Å²) in [7, 11) is -2.72. The highest BCUT2D eigenvalue weighted by molar-refractivity contribution is 7.89. The predicted octanol–water partition coefficient (Wildman–Crippen LogP) is 2.78. The summed E-state index contributed by atoms with van der Waals surface area (Å²) in [5.74, 6) is -1.36. The van der Waals surface area contributed by atoms with Gasteiger partial charge in [0.2, 0.25) is 15.9 Å². The van der Waals surface area contributed by atoms with Gasteiger partial charge in [-0.1, -0.05) is 54.1 Å². The Balaban J connectivity index is 1.85. The number of benzene rings is 3. The second-order valence-electron chi connectivity index (χ2n) is 7.04. The van der Waals surface area contributed by atoms with Crippen LogP contribution < -0.4 is 20.5 Å². The number of carbonyl (C=O) groups is 2. The molecule has 4 N–H and O–H groups in total. The molecule has 0 saturated heterocycles. The fourth-order valence-electron chi connectivity index (χ4n) is 3.06. The van der Waals surface area contributed by atoms with Gasteiger partial charge in [-0.2, -0.15) is 0 Å². The van der Waals surface area contributed by atoms with Crippen LogP contribution in [0.5, 0.6) is 5.75 Å². The van der Waals surface area contributed by atoms with Gasteiger partial charge in [-0.15, -0.1) is 0 Å². The molecule has 0 aliphatic carbocycles. The van der Waals surface area contributed by atoms with Gasteiger partial charge in [-0.05, 0) is 41.5 Å². The zero-order valence-electron chi connectivity index (χ0n) is 17.6. The van der Waals surface area contributed by atoms with Gasteiger partial charge < -0.3 is 15.8 Å². The van der Waals surface area contributed by atoms with Crippen LogP contribution in [-0.2, 0) is 21.4 Å². The quantitative estimate of drug-likeness (QED) is 0.427. The Morgan fingerprint density at radius 1 is 1.03 bits per heavy atom. The third-order valence-corrected chi connectivity index (χ3v) is 6.46. The summed E-state index contributed by atoms with van der Waals surface area (Å²) in [6.07, 6.45) is 0. The first-order chi connectivity index (χ1) is 15.7. The van der Waals surface area contributed by atoms with Gasteiger partial charge in [0.15, 0.2) is 0 Å². The van der Waals surface area contributed by atoms with Crippen molar-refractivity contribution in [3.05, 3.63) is 94.5 Å². The van der Waals surface area contributed by atoms with Crippen molar-refractivity contribution in [3.63, 3.8) is 0 Å². The van der Waals surface area contributed by atoms with Crippen LogP contribution in [0, 0.1) is 0 Å². The number of halogens is 1. The van der Waals surface area contributed by atoms with E-state index in [0.29, 0.717) is 16.1 Å². The number of nitrogens with two attached hydrogens (primary N) is 1. The Morgan fingerprint density at radius 3 is 2.30 bits per heavy atom. The molecule has 10 heteroatoms. The van der Waals surface area contributed by atoms with E-state index in [2.05, 4.69) is 10.0 Å². The summed E-state index contributed by atoms with van der Waals surface area (Å²) < 4.78 is 33.6. The Hall–Kier alpha value is -3.40. The number of hydrogen-bond donors (Lipinski definition) is 3. The molecule has 3 aromatic carbocycles. The van der Waals surface area contributed by atoms with Gasteiger partial charge in [0.05, 0.1) is 7.11 Å². The Bertz CT molecular complexity index is 1250. The molecule has 1 atom stereocenters. The maximum atomic E-state index is 13.0. The van der Waals surface area contributed by atoms with Crippen LogP contribution in [0.4, 0.5) is 0 Å². The normalized spacial score (nSPS) is 12.1. The van der Waals surface area contributed by atoms with Crippen LogP contribution >= 0.6 is 11.6 Å². The molecule has 2 amide bonds. The first kappa shape index (κ1) is 24.2. The zero-order chi connectivity index (χ0) is 24.0. The van der Waals surface area contributed by atoms with E-state index in [-0.39, 0.29) is 22.8 Å². The second-order valence-corrected chi connectivity index (χ2v) is 9.21. The molecule has 0 aliphatic rings. The molecule has 172 valence electrons. The largest absolute Gasteiger partial charge is 0.495 e. The zero-order valence-corrected chi connectivity index (χ0v) is 19.2. The molecule has 0 aromatic heterocycles. The van der Waals surface area contributed by atoms with Gasteiger partial charge in [0.1, 0.15) is 16.7 Å². The highest BCUT2D eigenvalue weighted by Crippen LogP contribution is 2.26. The molecule has 0 radical (unpaired) electrons. The van der Waals surface area contributed by atoms with E-state index >= 15 is 0 Å². The third kappa shape index (κ3) is 6.10. The number of sulfonamides is 1. The standard InChI is InChI=1S/C23H22ClN3O5S/c1-32-19-12-9-17(23(29)27-21(22(25)28)16-5-3-2-4-6-16)13-20(19)33(30,31)26-14-15-7-10-18(24)11-8-15/h2-13,21,26H,14H2,1H3,(H2,25,28)(H,27,29). The van der Waals surface area contributed by atoms with Crippen LogP contribution in [0.15, 0.2) is 77.7 Å². The highest BCUT2D eigenvalue weighted by atomic mass is 35.5. The van der Waals surface area contributed by atoms with Crippen molar-refractivity contribution in [1.29, 1.82) is 0 Å². The maximum absolute atomic E-state index is 13.0. The summed E-state index contributed by atoms with van der Waals surface area (Å²) in [6.45, 7) is 0.0108. The predicted molar refractivity (Wildman–Crippen MR) is 124 cm³/mol. The van der Waals surface area contributed by atoms with Crippen molar-refractivity contribution in [1.82, 2.24) is 10.0 Å². The van der Waals surface area contributed by atoms with Crippen LogP contribution in [0.1, 0.15) is 27.5 Å². The number of nitrogens with one attached hydrogen (secondary N) is 2. The molecule has 0 spiro atoms. The lowest BCUT2D eigenvalue weighted by Gasteiger charge is -2.17. The number of rotatable bonds is 9. The van der Waals surface area contributed by atoms with E-state index in [1.807, 2.05) is 0 Å². The lowest BCUT2D eigenvalue weighted by Crippen LogP contribution is -2.37. The molecule has 1 unspecified atom stereocenters. The van der Waals surface area contributed by atoms with Gasteiger partial charge >= 0.3 is 0 Å². The van der Waals surface area contributed by atoms with Crippen LogP contribution in [-0.4, -0.2) is 27.3 Å². The van der Waals surface area contributed by atoms with Crippen molar-refractivity contribution >= 4 is 33.4 Å². The lowest BCUT2D eigenvalue weighted by molar-refractivity contribution is -0.120. The fourth-order valence-corrected chi connectivity index (χ4v) is 4.40. The summed E-state index contributed by atoms with van der Waals surface area (Å²) in [5, 5.41) is 3.08. The minimum Gasteiger partial charge on any atom is -0.495 e. The van der Waals surface area contributed by atoms with Crippen LogP contribution in [0.3, 0.4) is 0 Å². The average Bonchev–Trinajstić information content (AvgIpc) is 2.82. The van der Waals surface area contributed by atoms with Crippen molar-refractivity contribution in [3.8, 4) is 5.75 Å². The molecule has 0 saturated carbocycles. The Kier molecular flexibility index (Phi) is 7.70. The minimum absolute atomic E-state index is 0.0108. The van der Waals surface area contributed by atoms with E-state index in [9.17, 15) is 18.0 Å². The van der Waals surface area contributed by atoms with E-state index in [4.69, 9.17) is 22.1 Å². The smallest absolute Gasteiger partial charge is 0.252 e. The second kappa shape index (κ2) is 10.5. The summed E-state index contributed by atoms with van der Waals surface area (Å²) in [4.78, 5) is 24.5. The number of methoxy groups -OCH3 is 1. The monoisotopic (exact) mass is 487 g/mol. The van der Waals surface area contributed by atoms with Crippen molar-refractivity contribution in [2.75, 3.05) is 7.11 Å². The highest BCUT2D eigenvalue weighted by Gasteiger charge is 2.24. The van der Waals surface area contributed by atoms with Gasteiger partial charge in [-0.25, -0.2) is 13.1 Å². The van der Waals surface area contributed by atoms with E-state index in [1.165, 1.54) is 25.3 Å². The van der Waals surface area contributed by atoms with Crippen LogP contribution in [0.25, 0.3) is 0 Å². The first-order valence-corrected chi connectivity index (χ1v) is 11.6. The third-order valence-electron chi connectivity index (χ3n) is 4.79. The Labute approximate surface area is 196 Å². The van der Waals surface area contributed by atoms with Crippen molar-refractivity contribution in [2.24, 2.45) is 5.73 Å². The lowest BCUT2D eigenvalue weighted by atomic mass is 10.1. The number of hydrogen-bond acceptors (Lipinski definition) is 5. The molecule has 8 nitrogen and oxygen atoms in total. The van der Waals surface area contributed by atoms with Crippen molar-refractivity contribution in [2.45, 2.75) is 17.5 Å². The minimum atomic E-state index is -4.04. The molecule has 0 aliphatic heterocycles. The maximum Gasteiger partial charge on any atom is 0.252 e. The van der Waals surface area contributed by atoms with Crippen molar-refractivity contribution < 1.29 is 22.7 Å². The number of primary amides is 1. The Morgan fingerprint density at radius 2 is 1.70 bits per heavy atom. The summed E-state index contributed by atoms with van der Waals surface area (Å²) >= 11 is 5.86. The number of ether oxygens (including phenoxy) is 1. The SMILES string of the molecule is COc1ccc(C(=O)NC(C(N)=O)c2ccccc2)cc1S(=O)(=O)NCc1ccc(Cl)cc1. The molecule has 3 aromatic rings. The molecule has 0 heterocycles. The fraction of sp³-hybridized carbons (Fsp3) is 0.130.